The van der Waals surface area contributed by atoms with Crippen LogP contribution in [-0.4, -0.2) is 19.0 Å². The number of rotatable bonds is 4. The van der Waals surface area contributed by atoms with Gasteiger partial charge in [0.2, 0.25) is 0 Å². The molecule has 6 heteroatoms. The van der Waals surface area contributed by atoms with Gasteiger partial charge in [0.25, 0.3) is 0 Å². The van der Waals surface area contributed by atoms with E-state index in [2.05, 4.69) is 36.4 Å². The van der Waals surface area contributed by atoms with E-state index in [1.807, 2.05) is 12.1 Å². The number of thiophene rings is 1. The fraction of sp³-hybridized carbons (Fsp3) is 0.583. The second kappa shape index (κ2) is 8.98. The van der Waals surface area contributed by atoms with Gasteiger partial charge in [-0.1, -0.05) is 25.4 Å². The molecule has 1 atom stereocenters. The number of hydrogen-bond acceptors (Lipinski definition) is 2. The standard InChI is InChI=1S/C12H20ClN3S.HI/c1-8(2)9(3)16-12(14-4)15-7-10-5-6-11(13)17-10;/h5-6,8-9H,7H2,1-4H3,(H2,14,15,16);1H. The highest BCUT2D eigenvalue weighted by atomic mass is 127. The lowest BCUT2D eigenvalue weighted by Gasteiger charge is -2.20. The summed E-state index contributed by atoms with van der Waals surface area (Å²) in [7, 11) is 1.78. The summed E-state index contributed by atoms with van der Waals surface area (Å²) < 4.78 is 0.820. The Morgan fingerprint density at radius 1 is 1.39 bits per heavy atom. The minimum absolute atomic E-state index is 0. The summed E-state index contributed by atoms with van der Waals surface area (Å²) >= 11 is 7.47. The van der Waals surface area contributed by atoms with Crippen LogP contribution >= 0.6 is 46.9 Å². The van der Waals surface area contributed by atoms with E-state index in [-0.39, 0.29) is 24.0 Å². The van der Waals surface area contributed by atoms with Gasteiger partial charge in [0.1, 0.15) is 0 Å². The first-order chi connectivity index (χ1) is 8.02. The molecular weight excluding hydrogens is 381 g/mol. The summed E-state index contributed by atoms with van der Waals surface area (Å²) in [6.07, 6.45) is 0. The van der Waals surface area contributed by atoms with Crippen LogP contribution in [0.4, 0.5) is 0 Å². The maximum atomic E-state index is 5.88. The van der Waals surface area contributed by atoms with Gasteiger partial charge in [-0.3, -0.25) is 4.99 Å². The summed E-state index contributed by atoms with van der Waals surface area (Å²) in [5, 5.41) is 6.63. The minimum atomic E-state index is 0. The molecule has 0 aliphatic carbocycles. The lowest BCUT2D eigenvalue weighted by Crippen LogP contribution is -2.43. The molecule has 1 unspecified atom stereocenters. The van der Waals surface area contributed by atoms with Crippen LogP contribution < -0.4 is 10.6 Å². The van der Waals surface area contributed by atoms with Gasteiger partial charge in [-0.15, -0.1) is 35.3 Å². The fourth-order valence-electron chi connectivity index (χ4n) is 1.19. The van der Waals surface area contributed by atoms with Crippen LogP contribution in [-0.2, 0) is 6.54 Å². The predicted molar refractivity (Wildman–Crippen MR) is 92.4 cm³/mol. The number of nitrogens with zero attached hydrogens (tertiary/aromatic N) is 1. The van der Waals surface area contributed by atoms with Gasteiger partial charge >= 0.3 is 0 Å². The average Bonchev–Trinajstić information content (AvgIpc) is 2.69. The van der Waals surface area contributed by atoms with Crippen molar-refractivity contribution in [2.45, 2.75) is 33.4 Å². The maximum absolute atomic E-state index is 5.88. The van der Waals surface area contributed by atoms with Crippen molar-refractivity contribution in [1.29, 1.82) is 0 Å². The zero-order valence-electron chi connectivity index (χ0n) is 11.2. The molecule has 3 nitrogen and oxygen atoms in total. The first-order valence-electron chi connectivity index (χ1n) is 5.74. The molecule has 0 spiro atoms. The third kappa shape index (κ3) is 6.24. The second-order valence-electron chi connectivity index (χ2n) is 4.31. The van der Waals surface area contributed by atoms with Gasteiger partial charge in [-0.05, 0) is 25.0 Å². The molecule has 0 aliphatic heterocycles. The Labute approximate surface area is 135 Å². The molecule has 0 aliphatic rings. The van der Waals surface area contributed by atoms with E-state index < -0.39 is 0 Å². The van der Waals surface area contributed by atoms with Crippen LogP contribution in [0.15, 0.2) is 17.1 Å². The lowest BCUT2D eigenvalue weighted by molar-refractivity contribution is 0.481. The maximum Gasteiger partial charge on any atom is 0.191 e. The lowest BCUT2D eigenvalue weighted by atomic mass is 10.1. The predicted octanol–water partition coefficient (Wildman–Crippen LogP) is 3.73. The Balaban J connectivity index is 0.00000289. The van der Waals surface area contributed by atoms with E-state index in [4.69, 9.17) is 11.6 Å². The number of hydrogen-bond donors (Lipinski definition) is 2. The highest BCUT2D eigenvalue weighted by molar-refractivity contribution is 14.0. The van der Waals surface area contributed by atoms with Crippen molar-refractivity contribution in [1.82, 2.24) is 10.6 Å². The summed E-state index contributed by atoms with van der Waals surface area (Å²) in [6, 6.07) is 4.34. The summed E-state index contributed by atoms with van der Waals surface area (Å²) in [5.41, 5.74) is 0. The Morgan fingerprint density at radius 3 is 2.50 bits per heavy atom. The van der Waals surface area contributed by atoms with Gasteiger partial charge in [0, 0.05) is 18.0 Å². The van der Waals surface area contributed by atoms with E-state index in [1.165, 1.54) is 4.88 Å². The van der Waals surface area contributed by atoms with E-state index in [0.717, 1.165) is 16.8 Å². The van der Waals surface area contributed by atoms with Crippen LogP contribution in [0.3, 0.4) is 0 Å². The summed E-state index contributed by atoms with van der Waals surface area (Å²) in [5.74, 6) is 1.40. The van der Waals surface area contributed by atoms with Gasteiger partial charge < -0.3 is 10.6 Å². The highest BCUT2D eigenvalue weighted by Crippen LogP contribution is 2.20. The molecule has 18 heavy (non-hydrogen) atoms. The Kier molecular flexibility index (Phi) is 8.98. The molecule has 0 saturated heterocycles. The number of aliphatic imine (C=N–C) groups is 1. The molecule has 1 aromatic heterocycles. The SMILES string of the molecule is CN=C(NCc1ccc(Cl)s1)NC(C)C(C)C.I. The molecule has 0 saturated carbocycles. The molecule has 104 valence electrons. The molecule has 2 N–H and O–H groups in total. The van der Waals surface area contributed by atoms with Gasteiger partial charge in [-0.25, -0.2) is 0 Å². The molecule has 1 heterocycles. The first kappa shape index (κ1) is 18.0. The molecule has 1 aromatic rings. The van der Waals surface area contributed by atoms with Gasteiger partial charge in [-0.2, -0.15) is 0 Å². The number of halogens is 2. The normalized spacial score (nSPS) is 13.1. The van der Waals surface area contributed by atoms with Crippen molar-refractivity contribution >= 4 is 52.9 Å². The van der Waals surface area contributed by atoms with Crippen LogP contribution in [0, 0.1) is 5.92 Å². The largest absolute Gasteiger partial charge is 0.354 e. The van der Waals surface area contributed by atoms with Crippen molar-refractivity contribution in [2.75, 3.05) is 7.05 Å². The third-order valence-corrected chi connectivity index (χ3v) is 3.88. The smallest absolute Gasteiger partial charge is 0.191 e. The summed E-state index contributed by atoms with van der Waals surface area (Å²) in [6.45, 7) is 7.27. The fourth-order valence-corrected chi connectivity index (χ4v) is 2.22. The van der Waals surface area contributed by atoms with Crippen molar-refractivity contribution in [3.63, 3.8) is 0 Å². The van der Waals surface area contributed by atoms with E-state index in [0.29, 0.717) is 12.0 Å². The van der Waals surface area contributed by atoms with E-state index in [9.17, 15) is 0 Å². The number of guanidine groups is 1. The van der Waals surface area contributed by atoms with Crippen LogP contribution in [0.2, 0.25) is 4.34 Å². The molecule has 0 aromatic carbocycles. The second-order valence-corrected chi connectivity index (χ2v) is 6.11. The Morgan fingerprint density at radius 2 is 2.06 bits per heavy atom. The topological polar surface area (TPSA) is 36.4 Å². The molecular formula is C12H21ClIN3S. The average molecular weight is 402 g/mol. The van der Waals surface area contributed by atoms with Crippen molar-refractivity contribution < 1.29 is 0 Å². The quantitative estimate of drug-likeness (QED) is 0.458. The van der Waals surface area contributed by atoms with Crippen LogP contribution in [0.1, 0.15) is 25.6 Å². The zero-order chi connectivity index (χ0) is 12.8. The monoisotopic (exact) mass is 401 g/mol. The van der Waals surface area contributed by atoms with Gasteiger partial charge in [0.15, 0.2) is 5.96 Å². The van der Waals surface area contributed by atoms with Crippen LogP contribution in [0.25, 0.3) is 0 Å². The first-order valence-corrected chi connectivity index (χ1v) is 6.93. The van der Waals surface area contributed by atoms with E-state index in [1.54, 1.807) is 18.4 Å². The molecule has 0 fully saturated rings. The molecule has 1 rings (SSSR count). The molecule has 0 bridgehead atoms. The summed E-state index contributed by atoms with van der Waals surface area (Å²) in [4.78, 5) is 5.40. The van der Waals surface area contributed by atoms with Crippen molar-refractivity contribution in [3.8, 4) is 0 Å². The molecule has 0 amide bonds. The highest BCUT2D eigenvalue weighted by Gasteiger charge is 2.08. The Hall–Kier alpha value is -0.0100. The minimum Gasteiger partial charge on any atom is -0.354 e. The van der Waals surface area contributed by atoms with Crippen molar-refractivity contribution in [3.05, 3.63) is 21.3 Å². The van der Waals surface area contributed by atoms with Gasteiger partial charge in [0.05, 0.1) is 10.9 Å². The zero-order valence-corrected chi connectivity index (χ0v) is 15.1. The number of nitrogens with one attached hydrogen (secondary N) is 2. The van der Waals surface area contributed by atoms with Crippen LogP contribution in [0.5, 0.6) is 0 Å². The van der Waals surface area contributed by atoms with E-state index >= 15 is 0 Å². The Bertz CT molecular complexity index is 379. The third-order valence-electron chi connectivity index (χ3n) is 2.65. The van der Waals surface area contributed by atoms with Crippen molar-refractivity contribution in [2.24, 2.45) is 10.9 Å². The molecule has 0 radical (unpaired) electrons.